The molecule has 0 spiro atoms. The van der Waals surface area contributed by atoms with Crippen molar-refractivity contribution in [2.75, 3.05) is 6.61 Å². The van der Waals surface area contributed by atoms with Gasteiger partial charge in [0.05, 0.1) is 0 Å². The molecular weight excluding hydrogens is 236 g/mol. The van der Waals surface area contributed by atoms with Crippen LogP contribution in [0.25, 0.3) is 6.08 Å². The van der Waals surface area contributed by atoms with E-state index in [9.17, 15) is 4.79 Å². The molecule has 2 heteroatoms. The van der Waals surface area contributed by atoms with Crippen LogP contribution in [0.15, 0.2) is 54.6 Å². The highest BCUT2D eigenvalue weighted by atomic mass is 16.5. The third-order valence-corrected chi connectivity index (χ3v) is 2.82. The van der Waals surface area contributed by atoms with Crippen molar-refractivity contribution in [2.24, 2.45) is 0 Å². The van der Waals surface area contributed by atoms with Crippen LogP contribution in [0.2, 0.25) is 0 Å². The third kappa shape index (κ3) is 3.81. The van der Waals surface area contributed by atoms with E-state index >= 15 is 0 Å². The first-order valence-corrected chi connectivity index (χ1v) is 6.20. The van der Waals surface area contributed by atoms with Crippen molar-refractivity contribution < 1.29 is 9.53 Å². The fraction of sp³-hybridized carbons (Fsp3) is 0.118. The van der Waals surface area contributed by atoms with Crippen molar-refractivity contribution >= 4 is 12.4 Å². The first kappa shape index (κ1) is 13.1. The molecule has 19 heavy (non-hydrogen) atoms. The van der Waals surface area contributed by atoms with E-state index in [0.29, 0.717) is 12.2 Å². The summed E-state index contributed by atoms with van der Waals surface area (Å²) in [5.74, 6) is 0.779. The molecule has 0 heterocycles. The van der Waals surface area contributed by atoms with E-state index in [2.05, 4.69) is 0 Å². The standard InChI is InChI=1S/C17H16O2/c1-14-12-17(10-9-16(14)13-18)19-11-5-8-15-6-3-2-4-7-15/h2-10,12-13H,11H2,1H3. The molecule has 2 aromatic carbocycles. The van der Waals surface area contributed by atoms with Crippen LogP contribution >= 0.6 is 0 Å². The van der Waals surface area contributed by atoms with Gasteiger partial charge in [0.2, 0.25) is 0 Å². The summed E-state index contributed by atoms with van der Waals surface area (Å²) >= 11 is 0. The summed E-state index contributed by atoms with van der Waals surface area (Å²) < 4.78 is 5.61. The number of aldehydes is 1. The Hall–Kier alpha value is -2.35. The highest BCUT2D eigenvalue weighted by Gasteiger charge is 1.98. The van der Waals surface area contributed by atoms with Gasteiger partial charge in [0, 0.05) is 5.56 Å². The SMILES string of the molecule is Cc1cc(OCC=Cc2ccccc2)ccc1C=O. The molecule has 0 radical (unpaired) electrons. The van der Waals surface area contributed by atoms with E-state index < -0.39 is 0 Å². The Labute approximate surface area is 113 Å². The third-order valence-electron chi connectivity index (χ3n) is 2.82. The molecule has 2 rings (SSSR count). The Morgan fingerprint density at radius 2 is 1.89 bits per heavy atom. The van der Waals surface area contributed by atoms with Gasteiger partial charge in [0.15, 0.2) is 0 Å². The Bertz CT molecular complexity index is 571. The van der Waals surface area contributed by atoms with Crippen molar-refractivity contribution in [1.29, 1.82) is 0 Å². The smallest absolute Gasteiger partial charge is 0.150 e. The van der Waals surface area contributed by atoms with Crippen molar-refractivity contribution in [1.82, 2.24) is 0 Å². The average Bonchev–Trinajstić information content (AvgIpc) is 2.45. The summed E-state index contributed by atoms with van der Waals surface area (Å²) in [6.45, 7) is 2.41. The molecule has 0 bridgehead atoms. The van der Waals surface area contributed by atoms with Gasteiger partial charge in [-0.1, -0.05) is 36.4 Å². The average molecular weight is 252 g/mol. The Morgan fingerprint density at radius 1 is 1.11 bits per heavy atom. The minimum atomic E-state index is 0.509. The maximum absolute atomic E-state index is 10.7. The highest BCUT2D eigenvalue weighted by Crippen LogP contribution is 2.16. The zero-order valence-corrected chi connectivity index (χ0v) is 10.9. The van der Waals surface area contributed by atoms with Gasteiger partial charge in [-0.15, -0.1) is 0 Å². The zero-order valence-electron chi connectivity index (χ0n) is 10.9. The van der Waals surface area contributed by atoms with Crippen LogP contribution in [-0.4, -0.2) is 12.9 Å². The molecule has 0 saturated carbocycles. The number of hydrogen-bond acceptors (Lipinski definition) is 2. The fourth-order valence-electron chi connectivity index (χ4n) is 1.76. The second kappa shape index (κ2) is 6.55. The van der Waals surface area contributed by atoms with Gasteiger partial charge in [-0.3, -0.25) is 4.79 Å². The van der Waals surface area contributed by atoms with Crippen LogP contribution < -0.4 is 4.74 Å². The normalized spacial score (nSPS) is 10.6. The number of benzene rings is 2. The molecule has 0 aliphatic rings. The molecule has 0 aliphatic carbocycles. The molecule has 0 aliphatic heterocycles. The van der Waals surface area contributed by atoms with Crippen LogP contribution in [0.4, 0.5) is 0 Å². The van der Waals surface area contributed by atoms with E-state index in [1.54, 1.807) is 6.07 Å². The molecule has 0 atom stereocenters. The molecular formula is C17H16O2. The molecule has 2 aromatic rings. The summed E-state index contributed by atoms with van der Waals surface area (Å²) in [6.07, 6.45) is 4.85. The van der Waals surface area contributed by atoms with Crippen LogP contribution in [0, 0.1) is 6.92 Å². The van der Waals surface area contributed by atoms with Gasteiger partial charge >= 0.3 is 0 Å². The first-order valence-electron chi connectivity index (χ1n) is 6.20. The number of aryl methyl sites for hydroxylation is 1. The van der Waals surface area contributed by atoms with Gasteiger partial charge in [-0.2, -0.15) is 0 Å². The summed E-state index contributed by atoms with van der Waals surface area (Å²) in [5.41, 5.74) is 2.78. The topological polar surface area (TPSA) is 26.3 Å². The molecule has 2 nitrogen and oxygen atoms in total. The zero-order chi connectivity index (χ0) is 13.5. The molecule has 0 N–H and O–H groups in total. The van der Waals surface area contributed by atoms with Crippen LogP contribution in [-0.2, 0) is 0 Å². The van der Waals surface area contributed by atoms with Gasteiger partial charge in [-0.25, -0.2) is 0 Å². The number of carbonyl (C=O) groups excluding carboxylic acids is 1. The predicted octanol–water partition coefficient (Wildman–Crippen LogP) is 3.90. The van der Waals surface area contributed by atoms with Gasteiger partial charge < -0.3 is 4.74 Å². The van der Waals surface area contributed by atoms with Gasteiger partial charge in [-0.05, 0) is 42.3 Å². The van der Waals surface area contributed by atoms with E-state index in [4.69, 9.17) is 4.74 Å². The van der Waals surface area contributed by atoms with Crippen molar-refractivity contribution in [3.63, 3.8) is 0 Å². The molecule has 96 valence electrons. The lowest BCUT2D eigenvalue weighted by Gasteiger charge is -2.05. The first-order chi connectivity index (χ1) is 9.29. The Kier molecular flexibility index (Phi) is 4.51. The number of hydrogen-bond donors (Lipinski definition) is 0. The maximum Gasteiger partial charge on any atom is 0.150 e. The lowest BCUT2D eigenvalue weighted by atomic mass is 10.1. The molecule has 0 fully saturated rings. The Balaban J connectivity index is 1.91. The summed E-state index contributed by atoms with van der Waals surface area (Å²) in [5, 5.41) is 0. The van der Waals surface area contributed by atoms with Crippen molar-refractivity contribution in [3.05, 3.63) is 71.3 Å². The van der Waals surface area contributed by atoms with E-state index in [1.807, 2.05) is 61.5 Å². The van der Waals surface area contributed by atoms with Crippen LogP contribution in [0.3, 0.4) is 0 Å². The molecule has 0 saturated heterocycles. The Morgan fingerprint density at radius 3 is 2.58 bits per heavy atom. The van der Waals surface area contributed by atoms with Crippen molar-refractivity contribution in [2.45, 2.75) is 6.92 Å². The van der Waals surface area contributed by atoms with Crippen LogP contribution in [0.1, 0.15) is 21.5 Å². The second-order valence-electron chi connectivity index (χ2n) is 4.26. The summed E-state index contributed by atoms with van der Waals surface area (Å²) in [6, 6.07) is 15.5. The maximum atomic E-state index is 10.7. The fourth-order valence-corrected chi connectivity index (χ4v) is 1.76. The van der Waals surface area contributed by atoms with Gasteiger partial charge in [0.25, 0.3) is 0 Å². The monoisotopic (exact) mass is 252 g/mol. The van der Waals surface area contributed by atoms with Crippen LogP contribution in [0.5, 0.6) is 5.75 Å². The van der Waals surface area contributed by atoms with Crippen molar-refractivity contribution in [3.8, 4) is 5.75 Å². The number of ether oxygens (including phenoxy) is 1. The highest BCUT2D eigenvalue weighted by molar-refractivity contribution is 5.77. The predicted molar refractivity (Wildman–Crippen MR) is 77.5 cm³/mol. The molecule has 0 unspecified atom stereocenters. The minimum absolute atomic E-state index is 0.509. The molecule has 0 amide bonds. The van der Waals surface area contributed by atoms with E-state index in [1.165, 1.54) is 0 Å². The van der Waals surface area contributed by atoms with Gasteiger partial charge in [0.1, 0.15) is 18.6 Å². The minimum Gasteiger partial charge on any atom is -0.490 e. The van der Waals surface area contributed by atoms with E-state index in [-0.39, 0.29) is 0 Å². The quantitative estimate of drug-likeness (QED) is 0.754. The lowest BCUT2D eigenvalue weighted by molar-refractivity contribution is 0.112. The summed E-state index contributed by atoms with van der Waals surface area (Å²) in [4.78, 5) is 10.7. The lowest BCUT2D eigenvalue weighted by Crippen LogP contribution is -1.95. The number of rotatable bonds is 5. The largest absolute Gasteiger partial charge is 0.490 e. The number of carbonyl (C=O) groups is 1. The van der Waals surface area contributed by atoms with E-state index in [0.717, 1.165) is 23.2 Å². The second-order valence-corrected chi connectivity index (χ2v) is 4.26. The molecule has 0 aromatic heterocycles. The summed E-state index contributed by atoms with van der Waals surface area (Å²) in [7, 11) is 0.